The Balaban J connectivity index is 1.31. The Morgan fingerprint density at radius 3 is 2.14 bits per heavy atom. The molecule has 0 atom stereocenters. The average Bonchev–Trinajstić information content (AvgIpc) is 3.47. The summed E-state index contributed by atoms with van der Waals surface area (Å²) in [7, 11) is 1.67. The number of hydrogen-bond acceptors (Lipinski definition) is 6. The summed E-state index contributed by atoms with van der Waals surface area (Å²) < 4.78 is 12.9. The van der Waals surface area contributed by atoms with Crippen LogP contribution in [0.2, 0.25) is 0 Å². The summed E-state index contributed by atoms with van der Waals surface area (Å²) in [6.07, 6.45) is 1.72. The molecular weight excluding hydrogens is 536 g/mol. The van der Waals surface area contributed by atoms with Crippen molar-refractivity contribution in [1.82, 2.24) is 20.0 Å². The highest BCUT2D eigenvalue weighted by Crippen LogP contribution is 2.44. The summed E-state index contributed by atoms with van der Waals surface area (Å²) in [4.78, 5) is 39.3. The van der Waals surface area contributed by atoms with Crippen molar-refractivity contribution in [2.24, 2.45) is 7.05 Å². The van der Waals surface area contributed by atoms with Crippen LogP contribution in [0.4, 0.5) is 9.59 Å². The predicted molar refractivity (Wildman–Crippen MR) is 156 cm³/mol. The average molecular weight is 575 g/mol. The standard InChI is InChI=1S/C32H38N4O6/c1-32(2,3)42-30(39)33-20-13-15-21(16-14-20)36(18-22-17-28(29(37)38)34-35(22)4)31(40)41-19-27-25-11-7-5-9-23(25)24-10-6-8-12-26(24)27/h5-12,17,20-21,27H,13-16,18-19H2,1-4H3,(H,33,39)(H,37,38). The number of carboxylic acid groups (broad SMARTS) is 1. The number of ether oxygens (including phenoxy) is 2. The molecule has 2 aliphatic carbocycles. The summed E-state index contributed by atoms with van der Waals surface area (Å²) in [5.41, 5.74) is 4.49. The van der Waals surface area contributed by atoms with E-state index in [4.69, 9.17) is 9.47 Å². The van der Waals surface area contributed by atoms with Crippen LogP contribution in [0.3, 0.4) is 0 Å². The lowest BCUT2D eigenvalue weighted by molar-refractivity contribution is 0.0452. The van der Waals surface area contributed by atoms with E-state index in [0.717, 1.165) is 22.3 Å². The van der Waals surface area contributed by atoms with Crippen molar-refractivity contribution in [3.63, 3.8) is 0 Å². The Labute approximate surface area is 245 Å². The first kappa shape index (κ1) is 29.2. The second-order valence-electron chi connectivity index (χ2n) is 12.0. The van der Waals surface area contributed by atoms with Gasteiger partial charge >= 0.3 is 18.2 Å². The maximum Gasteiger partial charge on any atom is 0.410 e. The van der Waals surface area contributed by atoms with Gasteiger partial charge < -0.3 is 19.9 Å². The number of benzene rings is 2. The van der Waals surface area contributed by atoms with Gasteiger partial charge in [0.1, 0.15) is 12.2 Å². The van der Waals surface area contributed by atoms with Crippen LogP contribution in [0.25, 0.3) is 11.1 Å². The monoisotopic (exact) mass is 574 g/mol. The topological polar surface area (TPSA) is 123 Å². The number of aromatic nitrogens is 2. The molecule has 0 saturated heterocycles. The van der Waals surface area contributed by atoms with Crippen molar-refractivity contribution in [2.75, 3.05) is 6.61 Å². The minimum absolute atomic E-state index is 0.0595. The lowest BCUT2D eigenvalue weighted by Crippen LogP contribution is -2.47. The third-order valence-electron chi connectivity index (χ3n) is 7.96. The van der Waals surface area contributed by atoms with Gasteiger partial charge in [-0.15, -0.1) is 0 Å². The second-order valence-corrected chi connectivity index (χ2v) is 12.0. The molecule has 5 rings (SSSR count). The van der Waals surface area contributed by atoms with E-state index in [2.05, 4.69) is 34.7 Å². The quantitative estimate of drug-likeness (QED) is 0.371. The highest BCUT2D eigenvalue weighted by Gasteiger charge is 2.34. The van der Waals surface area contributed by atoms with Gasteiger partial charge in [0.05, 0.1) is 12.2 Å². The number of nitrogens with one attached hydrogen (secondary N) is 1. The molecule has 10 nitrogen and oxygen atoms in total. The number of carbonyl (C=O) groups excluding carboxylic acids is 2. The van der Waals surface area contributed by atoms with Gasteiger partial charge in [-0.3, -0.25) is 9.58 Å². The third-order valence-corrected chi connectivity index (χ3v) is 7.96. The summed E-state index contributed by atoms with van der Waals surface area (Å²) in [6, 6.07) is 17.6. The molecule has 2 aromatic carbocycles. The van der Waals surface area contributed by atoms with Gasteiger partial charge in [0.25, 0.3) is 0 Å². The fraction of sp³-hybridized carbons (Fsp3) is 0.438. The van der Waals surface area contributed by atoms with Crippen LogP contribution in [-0.2, 0) is 23.1 Å². The number of carboxylic acids is 1. The van der Waals surface area contributed by atoms with Crippen LogP contribution in [-0.4, -0.2) is 62.2 Å². The first-order chi connectivity index (χ1) is 20.0. The van der Waals surface area contributed by atoms with E-state index in [0.29, 0.717) is 31.4 Å². The fourth-order valence-corrected chi connectivity index (χ4v) is 5.96. The third kappa shape index (κ3) is 6.42. The summed E-state index contributed by atoms with van der Waals surface area (Å²) >= 11 is 0. The summed E-state index contributed by atoms with van der Waals surface area (Å²) in [5, 5.41) is 16.4. The molecule has 0 unspecified atom stereocenters. The summed E-state index contributed by atoms with van der Waals surface area (Å²) in [5.74, 6) is -1.20. The van der Waals surface area contributed by atoms with Crippen LogP contribution in [0, 0.1) is 0 Å². The van der Waals surface area contributed by atoms with Gasteiger partial charge in [0.2, 0.25) is 0 Å². The van der Waals surface area contributed by atoms with Crippen LogP contribution in [0.15, 0.2) is 54.6 Å². The van der Waals surface area contributed by atoms with Crippen molar-refractivity contribution in [2.45, 2.75) is 76.6 Å². The van der Waals surface area contributed by atoms with E-state index in [1.54, 1.807) is 11.9 Å². The van der Waals surface area contributed by atoms with Crippen LogP contribution >= 0.6 is 0 Å². The SMILES string of the molecule is Cn1nc(C(=O)O)cc1CN(C(=O)OCC1c2ccccc2-c2ccccc21)C1CCC(NC(=O)OC(C)(C)C)CC1. The number of carbonyl (C=O) groups is 3. The molecule has 0 aliphatic heterocycles. The molecule has 1 saturated carbocycles. The van der Waals surface area contributed by atoms with Gasteiger partial charge in [-0.2, -0.15) is 5.10 Å². The van der Waals surface area contributed by atoms with Gasteiger partial charge in [0.15, 0.2) is 5.69 Å². The maximum absolute atomic E-state index is 13.8. The minimum atomic E-state index is -1.13. The number of fused-ring (bicyclic) bond motifs is 3. The van der Waals surface area contributed by atoms with Gasteiger partial charge in [0, 0.05) is 25.0 Å². The molecule has 0 bridgehead atoms. The Bertz CT molecular complexity index is 1420. The van der Waals surface area contributed by atoms with Gasteiger partial charge in [-0.25, -0.2) is 14.4 Å². The first-order valence-electron chi connectivity index (χ1n) is 14.4. The molecule has 1 fully saturated rings. The molecule has 2 N–H and O–H groups in total. The number of alkyl carbamates (subject to hydrolysis) is 1. The smallest absolute Gasteiger partial charge is 0.410 e. The Hall–Kier alpha value is -4.34. The van der Waals surface area contributed by atoms with E-state index in [1.807, 2.05) is 45.0 Å². The Kier molecular flexibility index (Phi) is 8.24. The Morgan fingerprint density at radius 1 is 1.00 bits per heavy atom. The van der Waals surface area contributed by atoms with Crippen LogP contribution in [0.5, 0.6) is 0 Å². The molecule has 222 valence electrons. The zero-order valence-electron chi connectivity index (χ0n) is 24.5. The molecule has 1 heterocycles. The van der Waals surface area contributed by atoms with Crippen LogP contribution < -0.4 is 5.32 Å². The fourth-order valence-electron chi connectivity index (χ4n) is 5.96. The molecular formula is C32H38N4O6. The normalized spacial score (nSPS) is 18.1. The summed E-state index contributed by atoms with van der Waals surface area (Å²) in [6.45, 7) is 5.81. The minimum Gasteiger partial charge on any atom is -0.476 e. The van der Waals surface area contributed by atoms with Crippen molar-refractivity contribution < 1.29 is 29.0 Å². The van der Waals surface area contributed by atoms with Crippen molar-refractivity contribution >= 4 is 18.2 Å². The molecule has 3 aromatic rings. The van der Waals surface area contributed by atoms with E-state index in [1.165, 1.54) is 10.7 Å². The zero-order valence-corrected chi connectivity index (χ0v) is 24.5. The largest absolute Gasteiger partial charge is 0.476 e. The predicted octanol–water partition coefficient (Wildman–Crippen LogP) is 5.71. The van der Waals surface area contributed by atoms with Gasteiger partial charge in [-0.05, 0) is 74.8 Å². The number of aryl methyl sites for hydroxylation is 1. The van der Waals surface area contributed by atoms with Crippen molar-refractivity contribution in [1.29, 1.82) is 0 Å². The molecule has 0 spiro atoms. The lowest BCUT2D eigenvalue weighted by Gasteiger charge is -2.36. The maximum atomic E-state index is 13.8. The van der Waals surface area contributed by atoms with E-state index in [9.17, 15) is 19.5 Å². The molecule has 42 heavy (non-hydrogen) atoms. The highest BCUT2D eigenvalue weighted by molar-refractivity contribution is 5.85. The van der Waals surface area contributed by atoms with Crippen molar-refractivity contribution in [3.05, 3.63) is 77.1 Å². The molecule has 2 amide bonds. The zero-order chi connectivity index (χ0) is 30.0. The number of rotatable bonds is 7. The van der Waals surface area contributed by atoms with Gasteiger partial charge in [-0.1, -0.05) is 48.5 Å². The van der Waals surface area contributed by atoms with Crippen LogP contribution in [0.1, 0.15) is 79.7 Å². The number of hydrogen-bond donors (Lipinski definition) is 2. The van der Waals surface area contributed by atoms with E-state index in [-0.39, 0.29) is 36.8 Å². The number of aromatic carboxylic acids is 1. The first-order valence-corrected chi connectivity index (χ1v) is 14.4. The molecule has 0 radical (unpaired) electrons. The lowest BCUT2D eigenvalue weighted by atomic mass is 9.90. The molecule has 1 aromatic heterocycles. The Morgan fingerprint density at radius 2 is 1.60 bits per heavy atom. The van der Waals surface area contributed by atoms with Crippen molar-refractivity contribution in [3.8, 4) is 11.1 Å². The molecule has 2 aliphatic rings. The van der Waals surface area contributed by atoms with E-state index < -0.39 is 23.8 Å². The number of amides is 2. The number of nitrogens with zero attached hydrogens (tertiary/aromatic N) is 3. The molecule has 10 heteroatoms. The van der Waals surface area contributed by atoms with E-state index >= 15 is 0 Å². The highest BCUT2D eigenvalue weighted by atomic mass is 16.6. The second kappa shape index (κ2) is 11.9.